The summed E-state index contributed by atoms with van der Waals surface area (Å²) in [6.45, 7) is 13.6. The lowest BCUT2D eigenvalue weighted by Crippen LogP contribution is -2.52. The van der Waals surface area contributed by atoms with Crippen molar-refractivity contribution in [1.29, 1.82) is 0 Å². The van der Waals surface area contributed by atoms with E-state index in [1.807, 2.05) is 12.1 Å². The predicted octanol–water partition coefficient (Wildman–Crippen LogP) is 1.51. The van der Waals surface area contributed by atoms with Crippen LogP contribution in [0.1, 0.15) is 18.9 Å². The minimum Gasteiger partial charge on any atom is -0.497 e. The third-order valence-electron chi connectivity index (χ3n) is 5.89. The van der Waals surface area contributed by atoms with Crippen molar-refractivity contribution in [1.82, 2.24) is 20.0 Å². The minimum absolute atomic E-state index is 0.859. The van der Waals surface area contributed by atoms with E-state index >= 15 is 0 Å². The second kappa shape index (κ2) is 12.7. The molecule has 2 aliphatic heterocycles. The number of hydrogen-bond acceptors (Lipinski definition) is 6. The van der Waals surface area contributed by atoms with Crippen molar-refractivity contribution in [3.63, 3.8) is 0 Å². The summed E-state index contributed by atoms with van der Waals surface area (Å²) in [5.74, 6) is 2.83. The number of benzene rings is 1. The first-order valence-electron chi connectivity index (χ1n) is 11.5. The molecule has 3 rings (SSSR count). The number of morpholine rings is 1. The zero-order valence-corrected chi connectivity index (χ0v) is 19.4. The fourth-order valence-electron chi connectivity index (χ4n) is 4.09. The number of methoxy groups -OCH3 is 2. The van der Waals surface area contributed by atoms with Crippen LogP contribution in [0.5, 0.6) is 11.5 Å². The summed E-state index contributed by atoms with van der Waals surface area (Å²) in [4.78, 5) is 12.2. The third-order valence-corrected chi connectivity index (χ3v) is 5.89. The summed E-state index contributed by atoms with van der Waals surface area (Å²) in [5, 5.41) is 3.48. The molecule has 8 nitrogen and oxygen atoms in total. The van der Waals surface area contributed by atoms with E-state index in [4.69, 9.17) is 19.2 Å². The fraction of sp³-hybridized carbons (Fsp3) is 0.696. The van der Waals surface area contributed by atoms with E-state index in [0.29, 0.717) is 0 Å². The second-order valence-electron chi connectivity index (χ2n) is 7.98. The molecule has 0 unspecified atom stereocenters. The lowest BCUT2D eigenvalue weighted by molar-refractivity contribution is 0.0377. The van der Waals surface area contributed by atoms with Crippen molar-refractivity contribution in [3.05, 3.63) is 23.8 Å². The van der Waals surface area contributed by atoms with Crippen molar-refractivity contribution < 1.29 is 14.2 Å². The SMILES string of the molecule is CCNC(=NCCCN1CCOCC1)N1CCN(Cc2cc(OC)ccc2OC)CC1. The molecule has 0 aliphatic carbocycles. The van der Waals surface area contributed by atoms with Crippen LogP contribution in [-0.4, -0.2) is 107 Å². The number of hydrogen-bond donors (Lipinski definition) is 1. The van der Waals surface area contributed by atoms with Gasteiger partial charge in [0.25, 0.3) is 0 Å². The normalized spacial score (nSPS) is 18.8. The van der Waals surface area contributed by atoms with Crippen molar-refractivity contribution in [2.24, 2.45) is 4.99 Å². The molecule has 0 amide bonds. The highest BCUT2D eigenvalue weighted by Crippen LogP contribution is 2.25. The molecule has 0 bridgehead atoms. The molecule has 2 saturated heterocycles. The topological polar surface area (TPSA) is 61.8 Å². The van der Waals surface area contributed by atoms with E-state index in [-0.39, 0.29) is 0 Å². The van der Waals surface area contributed by atoms with Gasteiger partial charge in [-0.15, -0.1) is 0 Å². The van der Waals surface area contributed by atoms with Crippen LogP contribution in [-0.2, 0) is 11.3 Å². The van der Waals surface area contributed by atoms with Crippen LogP contribution >= 0.6 is 0 Å². The zero-order chi connectivity index (χ0) is 21.9. The molecule has 8 heteroatoms. The number of guanidine groups is 1. The average Bonchev–Trinajstić information content (AvgIpc) is 2.82. The summed E-state index contributed by atoms with van der Waals surface area (Å²) in [5.41, 5.74) is 1.17. The summed E-state index contributed by atoms with van der Waals surface area (Å²) < 4.78 is 16.4. The summed E-state index contributed by atoms with van der Waals surface area (Å²) >= 11 is 0. The molecule has 0 atom stereocenters. The van der Waals surface area contributed by atoms with Crippen molar-refractivity contribution >= 4 is 5.96 Å². The first-order valence-corrected chi connectivity index (χ1v) is 11.5. The Balaban J connectivity index is 1.48. The summed E-state index contributed by atoms with van der Waals surface area (Å²) in [6, 6.07) is 6.00. The Morgan fingerprint density at radius 3 is 2.48 bits per heavy atom. The molecule has 0 radical (unpaired) electrons. The van der Waals surface area contributed by atoms with Crippen LogP contribution in [0.15, 0.2) is 23.2 Å². The Labute approximate surface area is 187 Å². The van der Waals surface area contributed by atoms with Gasteiger partial charge in [-0.05, 0) is 31.5 Å². The van der Waals surface area contributed by atoms with Gasteiger partial charge in [0, 0.05) is 71.0 Å². The lowest BCUT2D eigenvalue weighted by Gasteiger charge is -2.36. The van der Waals surface area contributed by atoms with Gasteiger partial charge < -0.3 is 24.4 Å². The van der Waals surface area contributed by atoms with E-state index in [1.54, 1.807) is 14.2 Å². The molecule has 1 aromatic carbocycles. The zero-order valence-electron chi connectivity index (χ0n) is 19.4. The van der Waals surface area contributed by atoms with Crippen LogP contribution in [0, 0.1) is 0 Å². The van der Waals surface area contributed by atoms with Crippen LogP contribution in [0.4, 0.5) is 0 Å². The van der Waals surface area contributed by atoms with Gasteiger partial charge in [0.05, 0.1) is 27.4 Å². The van der Waals surface area contributed by atoms with Gasteiger partial charge in [-0.2, -0.15) is 0 Å². The number of piperazine rings is 1. The van der Waals surface area contributed by atoms with E-state index < -0.39 is 0 Å². The quantitative estimate of drug-likeness (QED) is 0.360. The predicted molar refractivity (Wildman–Crippen MR) is 124 cm³/mol. The van der Waals surface area contributed by atoms with E-state index in [0.717, 1.165) is 103 Å². The molecule has 1 aromatic rings. The molecule has 2 aliphatic rings. The average molecular weight is 434 g/mol. The van der Waals surface area contributed by atoms with Gasteiger partial charge in [0.2, 0.25) is 0 Å². The molecule has 0 aromatic heterocycles. The van der Waals surface area contributed by atoms with E-state index in [2.05, 4.69) is 33.0 Å². The first kappa shape index (κ1) is 23.6. The molecule has 2 fully saturated rings. The van der Waals surface area contributed by atoms with Crippen molar-refractivity contribution in [2.75, 3.05) is 86.3 Å². The van der Waals surface area contributed by atoms with Gasteiger partial charge in [-0.25, -0.2) is 0 Å². The molecule has 31 heavy (non-hydrogen) atoms. The standard InChI is InChI=1S/C23H39N5O3/c1-4-24-23(25-8-5-9-26-14-16-31-17-15-26)28-12-10-27(11-13-28)19-20-18-21(29-2)6-7-22(20)30-3/h6-7,18H,4-5,8-17,19H2,1-3H3,(H,24,25). The summed E-state index contributed by atoms with van der Waals surface area (Å²) in [6.07, 6.45) is 1.09. The summed E-state index contributed by atoms with van der Waals surface area (Å²) in [7, 11) is 3.42. The van der Waals surface area contributed by atoms with E-state index in [9.17, 15) is 0 Å². The highest BCUT2D eigenvalue weighted by atomic mass is 16.5. The highest BCUT2D eigenvalue weighted by molar-refractivity contribution is 5.80. The fourth-order valence-corrected chi connectivity index (χ4v) is 4.09. The molecular formula is C23H39N5O3. The third kappa shape index (κ3) is 7.26. The monoisotopic (exact) mass is 433 g/mol. The van der Waals surface area contributed by atoms with Crippen molar-refractivity contribution in [3.8, 4) is 11.5 Å². The van der Waals surface area contributed by atoms with Gasteiger partial charge in [-0.3, -0.25) is 14.8 Å². The number of nitrogens with one attached hydrogen (secondary N) is 1. The maximum absolute atomic E-state index is 5.54. The van der Waals surface area contributed by atoms with Gasteiger partial charge in [0.1, 0.15) is 11.5 Å². The molecule has 0 saturated carbocycles. The Bertz CT molecular complexity index is 686. The van der Waals surface area contributed by atoms with Crippen LogP contribution < -0.4 is 14.8 Å². The molecular weight excluding hydrogens is 394 g/mol. The number of rotatable bonds is 9. The Morgan fingerprint density at radius 1 is 1.03 bits per heavy atom. The second-order valence-corrected chi connectivity index (χ2v) is 7.98. The van der Waals surface area contributed by atoms with Gasteiger partial charge >= 0.3 is 0 Å². The lowest BCUT2D eigenvalue weighted by atomic mass is 10.1. The van der Waals surface area contributed by atoms with Crippen molar-refractivity contribution in [2.45, 2.75) is 19.9 Å². The number of nitrogens with zero attached hydrogens (tertiary/aromatic N) is 4. The van der Waals surface area contributed by atoms with E-state index in [1.165, 1.54) is 5.56 Å². The molecule has 2 heterocycles. The first-order chi connectivity index (χ1) is 15.2. The van der Waals surface area contributed by atoms with Crippen LogP contribution in [0.25, 0.3) is 0 Å². The Hall–Kier alpha value is -2.03. The molecule has 1 N–H and O–H groups in total. The minimum atomic E-state index is 0.859. The Morgan fingerprint density at radius 2 is 1.81 bits per heavy atom. The van der Waals surface area contributed by atoms with Gasteiger partial charge in [-0.1, -0.05) is 0 Å². The smallest absolute Gasteiger partial charge is 0.194 e. The van der Waals surface area contributed by atoms with Crippen LogP contribution in [0.2, 0.25) is 0 Å². The Kier molecular flexibility index (Phi) is 9.71. The van der Waals surface area contributed by atoms with Crippen LogP contribution in [0.3, 0.4) is 0 Å². The largest absolute Gasteiger partial charge is 0.497 e. The highest BCUT2D eigenvalue weighted by Gasteiger charge is 2.21. The molecule has 0 spiro atoms. The molecule has 174 valence electrons. The maximum Gasteiger partial charge on any atom is 0.194 e. The van der Waals surface area contributed by atoms with Gasteiger partial charge in [0.15, 0.2) is 5.96 Å². The maximum atomic E-state index is 5.54. The number of ether oxygens (including phenoxy) is 3. The number of aliphatic imine (C=N–C) groups is 1.